The fraction of sp³-hybridized carbons (Fsp3) is 0.692. The van der Waals surface area contributed by atoms with Crippen molar-refractivity contribution in [3.8, 4) is 0 Å². The summed E-state index contributed by atoms with van der Waals surface area (Å²) in [5.41, 5.74) is -0.0825. The van der Waals surface area contributed by atoms with E-state index in [9.17, 15) is 4.79 Å². The lowest BCUT2D eigenvalue weighted by Crippen LogP contribution is -2.25. The number of aliphatic hydroxyl groups excluding tert-OH is 1. The molecule has 102 valence electrons. The molecule has 1 aromatic heterocycles. The molecule has 1 rings (SSSR count). The summed E-state index contributed by atoms with van der Waals surface area (Å²) in [5, 5.41) is 8.96. The Bertz CT molecular complexity index is 429. The minimum Gasteiger partial charge on any atom is -0.396 e. The van der Waals surface area contributed by atoms with Gasteiger partial charge in [-0.05, 0) is 12.8 Å². The van der Waals surface area contributed by atoms with Gasteiger partial charge in [-0.1, -0.05) is 38.3 Å². The molecule has 0 aliphatic carbocycles. The number of rotatable bonds is 7. The van der Waals surface area contributed by atoms with Gasteiger partial charge in [-0.3, -0.25) is 9.36 Å². The van der Waals surface area contributed by atoms with E-state index >= 15 is 0 Å². The molecule has 0 unspecified atom stereocenters. The predicted molar refractivity (Wildman–Crippen MR) is 73.1 cm³/mol. The van der Waals surface area contributed by atoms with Crippen LogP contribution in [-0.4, -0.2) is 21.3 Å². The molecule has 0 aliphatic heterocycles. The molecule has 0 saturated heterocycles. The summed E-state index contributed by atoms with van der Waals surface area (Å²) in [6.45, 7) is 4.91. The van der Waals surface area contributed by atoms with E-state index in [0.717, 1.165) is 31.5 Å². The first-order valence-electron chi connectivity index (χ1n) is 6.44. The van der Waals surface area contributed by atoms with Gasteiger partial charge in [-0.2, -0.15) is 0 Å². The molecule has 0 saturated carbocycles. The van der Waals surface area contributed by atoms with Gasteiger partial charge < -0.3 is 5.11 Å². The molecule has 5 heteroatoms. The van der Waals surface area contributed by atoms with Crippen LogP contribution in [0.4, 0.5) is 0 Å². The molecule has 18 heavy (non-hydrogen) atoms. The van der Waals surface area contributed by atoms with E-state index in [1.807, 2.05) is 13.8 Å². The molecule has 1 heterocycles. The zero-order chi connectivity index (χ0) is 13.5. The zero-order valence-electron chi connectivity index (χ0n) is 11.0. The highest BCUT2D eigenvalue weighted by molar-refractivity contribution is 6.29. The Morgan fingerprint density at radius 3 is 2.61 bits per heavy atom. The number of hydrogen-bond donors (Lipinski definition) is 1. The molecule has 0 aliphatic rings. The average Bonchev–Trinajstić information content (AvgIpc) is 2.30. The summed E-state index contributed by atoms with van der Waals surface area (Å²) in [4.78, 5) is 16.1. The number of hydrogen-bond acceptors (Lipinski definition) is 3. The van der Waals surface area contributed by atoms with Gasteiger partial charge in [0.05, 0.1) is 0 Å². The molecule has 0 amide bonds. The molecule has 0 bridgehead atoms. The van der Waals surface area contributed by atoms with E-state index in [1.165, 1.54) is 6.07 Å². The van der Waals surface area contributed by atoms with Crippen LogP contribution in [0.15, 0.2) is 10.9 Å². The number of nitrogens with zero attached hydrogens (tertiary/aromatic N) is 2. The van der Waals surface area contributed by atoms with Crippen molar-refractivity contribution in [3.05, 3.63) is 27.4 Å². The van der Waals surface area contributed by atoms with Gasteiger partial charge in [0.2, 0.25) is 0 Å². The summed E-state index contributed by atoms with van der Waals surface area (Å²) in [7, 11) is 0. The maximum atomic E-state index is 11.9. The van der Waals surface area contributed by atoms with E-state index in [2.05, 4.69) is 4.98 Å². The fourth-order valence-electron chi connectivity index (χ4n) is 1.90. The van der Waals surface area contributed by atoms with Crippen molar-refractivity contribution in [3.63, 3.8) is 0 Å². The largest absolute Gasteiger partial charge is 0.396 e. The Morgan fingerprint density at radius 1 is 1.33 bits per heavy atom. The molecule has 0 radical (unpaired) electrons. The SMILES string of the molecule is CC(C)c1nc(Cl)cc(=O)n1CCCCCCO. The van der Waals surface area contributed by atoms with Gasteiger partial charge in [0, 0.05) is 25.1 Å². The van der Waals surface area contributed by atoms with Gasteiger partial charge in [0.25, 0.3) is 5.56 Å². The van der Waals surface area contributed by atoms with Gasteiger partial charge >= 0.3 is 0 Å². The predicted octanol–water partition coefficient (Wildman–Crippen LogP) is 2.57. The first kappa shape index (κ1) is 15.2. The Hall–Kier alpha value is -0.870. The first-order chi connectivity index (χ1) is 8.56. The van der Waals surface area contributed by atoms with Crippen molar-refractivity contribution < 1.29 is 5.11 Å². The summed E-state index contributed by atoms with van der Waals surface area (Å²) in [6, 6.07) is 1.36. The topological polar surface area (TPSA) is 55.1 Å². The van der Waals surface area contributed by atoms with Crippen molar-refractivity contribution >= 4 is 11.6 Å². The number of unbranched alkanes of at least 4 members (excludes halogenated alkanes) is 3. The van der Waals surface area contributed by atoms with Crippen LogP contribution in [0.25, 0.3) is 0 Å². The lowest BCUT2D eigenvalue weighted by molar-refractivity contribution is 0.282. The minimum absolute atomic E-state index is 0.0825. The summed E-state index contributed by atoms with van der Waals surface area (Å²) in [6.07, 6.45) is 3.74. The van der Waals surface area contributed by atoms with Crippen LogP contribution in [0.3, 0.4) is 0 Å². The molecule has 1 N–H and O–H groups in total. The highest BCUT2D eigenvalue weighted by Crippen LogP contribution is 2.13. The average molecular weight is 273 g/mol. The summed E-state index contributed by atoms with van der Waals surface area (Å²) >= 11 is 5.82. The maximum Gasteiger partial charge on any atom is 0.254 e. The first-order valence-corrected chi connectivity index (χ1v) is 6.82. The Labute approximate surface area is 113 Å². The van der Waals surface area contributed by atoms with Crippen molar-refractivity contribution in [2.45, 2.75) is 52.0 Å². The lowest BCUT2D eigenvalue weighted by Gasteiger charge is -2.14. The third-order valence-electron chi connectivity index (χ3n) is 2.81. The molecule has 4 nitrogen and oxygen atoms in total. The van der Waals surface area contributed by atoms with Crippen LogP contribution in [0, 0.1) is 0 Å². The van der Waals surface area contributed by atoms with E-state index in [4.69, 9.17) is 16.7 Å². The summed E-state index contributed by atoms with van der Waals surface area (Å²) < 4.78 is 1.70. The van der Waals surface area contributed by atoms with Crippen LogP contribution >= 0.6 is 11.6 Å². The van der Waals surface area contributed by atoms with Crippen molar-refractivity contribution in [1.29, 1.82) is 0 Å². The smallest absolute Gasteiger partial charge is 0.254 e. The van der Waals surface area contributed by atoms with Gasteiger partial charge in [0.15, 0.2) is 0 Å². The Balaban J connectivity index is 2.72. The number of aromatic nitrogens is 2. The number of aliphatic hydroxyl groups is 1. The number of halogens is 1. The molecule has 0 spiro atoms. The van der Waals surface area contributed by atoms with Crippen LogP contribution in [0.2, 0.25) is 5.15 Å². The van der Waals surface area contributed by atoms with E-state index in [1.54, 1.807) is 4.57 Å². The van der Waals surface area contributed by atoms with Crippen LogP contribution in [-0.2, 0) is 6.54 Å². The van der Waals surface area contributed by atoms with Crippen molar-refractivity contribution in [2.75, 3.05) is 6.61 Å². The molecule has 1 aromatic rings. The Morgan fingerprint density at radius 2 is 2.00 bits per heavy atom. The maximum absolute atomic E-state index is 11.9. The minimum atomic E-state index is -0.0825. The zero-order valence-corrected chi connectivity index (χ0v) is 11.8. The quantitative estimate of drug-likeness (QED) is 0.613. The second-order valence-electron chi connectivity index (χ2n) is 4.72. The van der Waals surface area contributed by atoms with Gasteiger partial charge in [-0.15, -0.1) is 0 Å². The van der Waals surface area contributed by atoms with E-state index in [-0.39, 0.29) is 23.2 Å². The normalized spacial score (nSPS) is 11.2. The second-order valence-corrected chi connectivity index (χ2v) is 5.11. The lowest BCUT2D eigenvalue weighted by atomic mass is 10.1. The third kappa shape index (κ3) is 4.42. The standard InChI is InChI=1S/C13H21ClN2O2/c1-10(2)13-15-11(14)9-12(18)16(13)7-5-3-4-6-8-17/h9-10,17H,3-8H2,1-2H3. The molecule has 0 fully saturated rings. The van der Waals surface area contributed by atoms with Crippen LogP contribution in [0.1, 0.15) is 51.3 Å². The Kier molecular flexibility index (Phi) is 6.36. The van der Waals surface area contributed by atoms with Crippen LogP contribution in [0.5, 0.6) is 0 Å². The van der Waals surface area contributed by atoms with Crippen molar-refractivity contribution in [2.24, 2.45) is 0 Å². The molecular formula is C13H21ClN2O2. The fourth-order valence-corrected chi connectivity index (χ4v) is 2.08. The second kappa shape index (κ2) is 7.54. The van der Waals surface area contributed by atoms with E-state index < -0.39 is 0 Å². The highest BCUT2D eigenvalue weighted by Gasteiger charge is 2.10. The molecule has 0 aromatic carbocycles. The third-order valence-corrected chi connectivity index (χ3v) is 3.01. The van der Waals surface area contributed by atoms with Gasteiger partial charge in [0.1, 0.15) is 11.0 Å². The van der Waals surface area contributed by atoms with Crippen LogP contribution < -0.4 is 5.56 Å². The molecular weight excluding hydrogens is 252 g/mol. The highest BCUT2D eigenvalue weighted by atomic mass is 35.5. The molecule has 0 atom stereocenters. The van der Waals surface area contributed by atoms with E-state index in [0.29, 0.717) is 6.54 Å². The monoisotopic (exact) mass is 272 g/mol. The van der Waals surface area contributed by atoms with Crippen molar-refractivity contribution in [1.82, 2.24) is 9.55 Å². The summed E-state index contributed by atoms with van der Waals surface area (Å²) in [5.74, 6) is 0.920. The van der Waals surface area contributed by atoms with Gasteiger partial charge in [-0.25, -0.2) is 4.98 Å².